The zero-order valence-electron chi connectivity index (χ0n) is 8.70. The molecule has 0 bridgehead atoms. The van der Waals surface area contributed by atoms with Gasteiger partial charge >= 0.3 is 6.03 Å². The van der Waals surface area contributed by atoms with Crippen LogP contribution < -0.4 is 16.0 Å². The molecule has 0 saturated carbocycles. The topological polar surface area (TPSA) is 65.5 Å². The van der Waals surface area contributed by atoms with Gasteiger partial charge in [0.05, 0.1) is 5.70 Å². The molecule has 2 aliphatic heterocycles. The zero-order chi connectivity index (χ0) is 11.8. The van der Waals surface area contributed by atoms with Gasteiger partial charge in [-0.25, -0.2) is 9.79 Å². The first-order chi connectivity index (χ1) is 8.24. The minimum Gasteiger partial charge on any atom is -0.338 e. The van der Waals surface area contributed by atoms with Gasteiger partial charge in [-0.2, -0.15) is 0 Å². The summed E-state index contributed by atoms with van der Waals surface area (Å²) in [7, 11) is 0. The number of halogens is 1. The van der Waals surface area contributed by atoms with Crippen LogP contribution >= 0.6 is 11.6 Å². The standard InChI is InChI=1S/C11H9ClN4O/c12-8-7-10(16-11(17)14-8)15-9(13-7)6-4-2-1-3-5-6/h1-5,10H,(H,13,15)(H2,14,16,17). The predicted molar refractivity (Wildman–Crippen MR) is 64.4 cm³/mol. The number of hydrogen-bond acceptors (Lipinski definition) is 3. The van der Waals surface area contributed by atoms with E-state index >= 15 is 0 Å². The third-order valence-corrected chi connectivity index (χ3v) is 2.86. The molecule has 1 aromatic rings. The Morgan fingerprint density at radius 1 is 1.18 bits per heavy atom. The Morgan fingerprint density at radius 2 is 1.94 bits per heavy atom. The van der Waals surface area contributed by atoms with E-state index in [4.69, 9.17) is 11.6 Å². The van der Waals surface area contributed by atoms with Gasteiger partial charge in [-0.15, -0.1) is 0 Å². The van der Waals surface area contributed by atoms with Crippen LogP contribution in [0.2, 0.25) is 0 Å². The van der Waals surface area contributed by atoms with Crippen molar-refractivity contribution < 1.29 is 4.79 Å². The summed E-state index contributed by atoms with van der Waals surface area (Å²) in [6.45, 7) is 0. The fraction of sp³-hybridized carbons (Fsp3) is 0.0909. The van der Waals surface area contributed by atoms with Gasteiger partial charge in [-0.1, -0.05) is 41.9 Å². The molecule has 0 radical (unpaired) electrons. The monoisotopic (exact) mass is 248 g/mol. The van der Waals surface area contributed by atoms with Crippen molar-refractivity contribution in [3.63, 3.8) is 0 Å². The summed E-state index contributed by atoms with van der Waals surface area (Å²) in [6, 6.07) is 9.31. The van der Waals surface area contributed by atoms with Crippen molar-refractivity contribution in [3.05, 3.63) is 46.7 Å². The Labute approximate surface area is 103 Å². The fourth-order valence-corrected chi connectivity index (χ4v) is 2.01. The fourth-order valence-electron chi connectivity index (χ4n) is 1.77. The summed E-state index contributed by atoms with van der Waals surface area (Å²) in [5.74, 6) is 0.702. The van der Waals surface area contributed by atoms with Crippen LogP contribution in [0.25, 0.3) is 0 Å². The number of hydrogen-bond donors (Lipinski definition) is 3. The number of benzene rings is 1. The van der Waals surface area contributed by atoms with Crippen LogP contribution in [0, 0.1) is 0 Å². The maximum atomic E-state index is 11.2. The quantitative estimate of drug-likeness (QED) is 0.652. The molecule has 3 N–H and O–H groups in total. The van der Waals surface area contributed by atoms with Crippen molar-refractivity contribution in [2.45, 2.75) is 6.17 Å². The van der Waals surface area contributed by atoms with E-state index in [0.717, 1.165) is 5.56 Å². The molecule has 0 spiro atoms. The van der Waals surface area contributed by atoms with Crippen molar-refractivity contribution in [3.8, 4) is 0 Å². The average Bonchev–Trinajstić information content (AvgIpc) is 2.74. The molecule has 2 amide bonds. The highest BCUT2D eigenvalue weighted by Gasteiger charge is 2.31. The summed E-state index contributed by atoms with van der Waals surface area (Å²) in [5, 5.41) is 8.53. The van der Waals surface area contributed by atoms with Crippen molar-refractivity contribution in [1.29, 1.82) is 0 Å². The molecule has 0 saturated heterocycles. The molecule has 6 heteroatoms. The minimum atomic E-state index is -0.425. The lowest BCUT2D eigenvalue weighted by Crippen LogP contribution is -2.47. The van der Waals surface area contributed by atoms with E-state index in [1.54, 1.807) is 0 Å². The van der Waals surface area contributed by atoms with Crippen LogP contribution in [0.5, 0.6) is 0 Å². The molecule has 0 fully saturated rings. The summed E-state index contributed by atoms with van der Waals surface area (Å²) < 4.78 is 0. The van der Waals surface area contributed by atoms with E-state index in [0.29, 0.717) is 11.5 Å². The molecule has 0 aliphatic carbocycles. The second-order valence-corrected chi connectivity index (χ2v) is 4.08. The third-order valence-electron chi connectivity index (χ3n) is 2.56. The van der Waals surface area contributed by atoms with Crippen molar-refractivity contribution >= 4 is 23.5 Å². The number of nitrogens with zero attached hydrogens (tertiary/aromatic N) is 1. The first-order valence-electron chi connectivity index (χ1n) is 5.11. The van der Waals surface area contributed by atoms with Gasteiger partial charge in [-0.05, 0) is 0 Å². The molecule has 2 aliphatic rings. The van der Waals surface area contributed by atoms with Crippen LogP contribution in [-0.4, -0.2) is 18.0 Å². The maximum absolute atomic E-state index is 11.2. The first kappa shape index (κ1) is 10.2. The van der Waals surface area contributed by atoms with Gasteiger partial charge in [0, 0.05) is 5.56 Å². The summed E-state index contributed by atoms with van der Waals surface area (Å²) >= 11 is 5.94. The molecule has 3 rings (SSSR count). The lowest BCUT2D eigenvalue weighted by atomic mass is 10.2. The van der Waals surface area contributed by atoms with Gasteiger partial charge in [0.25, 0.3) is 0 Å². The number of urea groups is 1. The van der Waals surface area contributed by atoms with E-state index in [9.17, 15) is 4.79 Å². The third kappa shape index (κ3) is 1.74. The Morgan fingerprint density at radius 3 is 2.71 bits per heavy atom. The van der Waals surface area contributed by atoms with E-state index in [-0.39, 0.29) is 11.2 Å². The number of amides is 2. The van der Waals surface area contributed by atoms with E-state index in [2.05, 4.69) is 20.9 Å². The van der Waals surface area contributed by atoms with Crippen LogP contribution in [0.1, 0.15) is 5.56 Å². The second kappa shape index (κ2) is 3.78. The smallest absolute Gasteiger partial charge is 0.321 e. The molecular weight excluding hydrogens is 240 g/mol. The van der Waals surface area contributed by atoms with E-state index < -0.39 is 6.17 Å². The number of aliphatic imine (C=N–C) groups is 1. The highest BCUT2D eigenvalue weighted by Crippen LogP contribution is 2.20. The normalized spacial score (nSPS) is 22.3. The number of amidine groups is 1. The van der Waals surface area contributed by atoms with E-state index in [1.165, 1.54) is 0 Å². The van der Waals surface area contributed by atoms with Crippen molar-refractivity contribution in [2.24, 2.45) is 4.99 Å². The van der Waals surface area contributed by atoms with Gasteiger partial charge in [0.15, 0.2) is 6.17 Å². The number of carbonyl (C=O) groups is 1. The summed E-state index contributed by atoms with van der Waals surface area (Å²) in [5.41, 5.74) is 1.62. The van der Waals surface area contributed by atoms with Crippen molar-refractivity contribution in [1.82, 2.24) is 16.0 Å². The first-order valence-corrected chi connectivity index (χ1v) is 5.49. The van der Waals surface area contributed by atoms with E-state index in [1.807, 2.05) is 30.3 Å². The molecule has 5 nitrogen and oxygen atoms in total. The second-order valence-electron chi connectivity index (χ2n) is 3.70. The molecular formula is C11H9ClN4O. The molecule has 1 aromatic carbocycles. The molecule has 2 heterocycles. The van der Waals surface area contributed by atoms with Crippen LogP contribution in [0.3, 0.4) is 0 Å². The maximum Gasteiger partial charge on any atom is 0.321 e. The van der Waals surface area contributed by atoms with Gasteiger partial charge in [0.1, 0.15) is 11.0 Å². The zero-order valence-corrected chi connectivity index (χ0v) is 9.45. The molecule has 86 valence electrons. The number of rotatable bonds is 1. The van der Waals surface area contributed by atoms with Gasteiger partial charge < -0.3 is 10.6 Å². The Kier molecular flexibility index (Phi) is 2.26. The number of nitrogens with one attached hydrogen (secondary N) is 3. The summed E-state index contributed by atoms with van der Waals surface area (Å²) in [6.07, 6.45) is -0.425. The van der Waals surface area contributed by atoms with Crippen LogP contribution in [0.15, 0.2) is 46.2 Å². The van der Waals surface area contributed by atoms with Crippen LogP contribution in [-0.2, 0) is 0 Å². The SMILES string of the molecule is O=C1NC(Cl)=C2NC(c3ccccc3)=NC2N1. The summed E-state index contributed by atoms with van der Waals surface area (Å²) in [4.78, 5) is 15.6. The van der Waals surface area contributed by atoms with Crippen LogP contribution in [0.4, 0.5) is 4.79 Å². The Hall–Kier alpha value is -2.01. The molecule has 0 aromatic heterocycles. The molecule has 1 unspecified atom stereocenters. The Bertz CT molecular complexity index is 538. The van der Waals surface area contributed by atoms with Gasteiger partial charge in [-0.3, -0.25) is 5.32 Å². The lowest BCUT2D eigenvalue weighted by Gasteiger charge is -2.19. The predicted octanol–water partition coefficient (Wildman–Crippen LogP) is 1.08. The highest BCUT2D eigenvalue weighted by molar-refractivity contribution is 6.31. The average molecular weight is 249 g/mol. The number of fused-ring (bicyclic) bond motifs is 1. The van der Waals surface area contributed by atoms with Gasteiger partial charge in [0.2, 0.25) is 0 Å². The molecule has 17 heavy (non-hydrogen) atoms. The number of carbonyl (C=O) groups excluding carboxylic acids is 1. The Balaban J connectivity index is 1.96. The minimum absolute atomic E-state index is 0.286. The molecule has 1 atom stereocenters. The highest BCUT2D eigenvalue weighted by atomic mass is 35.5. The largest absolute Gasteiger partial charge is 0.338 e. The van der Waals surface area contributed by atoms with Crippen molar-refractivity contribution in [2.75, 3.05) is 0 Å². The lowest BCUT2D eigenvalue weighted by molar-refractivity contribution is 0.239.